The molecule has 0 unspecified atom stereocenters. The molecule has 0 atom stereocenters. The van der Waals surface area contributed by atoms with Crippen LogP contribution in [0.3, 0.4) is 0 Å². The molecule has 11 aromatic carbocycles. The SMILES string of the molecule is c1ccc(-c2c3c4c(cccc4c4ccccc24)-c2cc4c(ccc5c6cc7c(cc6ccc45)-c4cc5ccccc5c5cccc-7c45)cc2-3)cc1. The van der Waals surface area contributed by atoms with Gasteiger partial charge in [-0.05, 0) is 161 Å². The molecule has 2 aliphatic rings. The Hall–Kier alpha value is -6.76. The van der Waals surface area contributed by atoms with Gasteiger partial charge in [-0.15, -0.1) is 0 Å². The summed E-state index contributed by atoms with van der Waals surface area (Å²) < 4.78 is 0. The average molecular weight is 653 g/mol. The summed E-state index contributed by atoms with van der Waals surface area (Å²) in [7, 11) is 0. The van der Waals surface area contributed by atoms with Gasteiger partial charge in [0.1, 0.15) is 0 Å². The first-order valence-corrected chi connectivity index (χ1v) is 18.3. The van der Waals surface area contributed by atoms with E-state index >= 15 is 0 Å². The lowest BCUT2D eigenvalue weighted by molar-refractivity contribution is 1.66. The standard InChI is InChI=1S/C52H28/c1-2-10-29(11-3-1)49-38-15-7-6-14-34(38)39-17-9-19-41-46-28-43-32(26-48(46)52(49)51(39)41)21-23-35-36(43)22-20-31-24-44-45(27-42(31)35)40-18-8-16-37-33-13-5-4-12-30(33)25-47(44)50(37)40/h1-28H. The summed E-state index contributed by atoms with van der Waals surface area (Å²) in [6.45, 7) is 0. The number of hydrogen-bond acceptors (Lipinski definition) is 0. The van der Waals surface area contributed by atoms with E-state index in [0.29, 0.717) is 0 Å². The van der Waals surface area contributed by atoms with Crippen molar-refractivity contribution in [3.8, 4) is 55.6 Å². The Morgan fingerprint density at radius 2 is 0.712 bits per heavy atom. The highest BCUT2D eigenvalue weighted by molar-refractivity contribution is 6.31. The largest absolute Gasteiger partial charge is 0.0622 e. The third-order valence-corrected chi connectivity index (χ3v) is 12.2. The molecule has 0 N–H and O–H groups in total. The molecule has 0 amide bonds. The van der Waals surface area contributed by atoms with Crippen LogP contribution in [0.2, 0.25) is 0 Å². The fraction of sp³-hybridized carbons (Fsp3) is 0. The van der Waals surface area contributed by atoms with E-state index in [4.69, 9.17) is 0 Å². The molecule has 0 saturated heterocycles. The van der Waals surface area contributed by atoms with E-state index in [1.54, 1.807) is 0 Å². The molecule has 0 fully saturated rings. The molecular formula is C52H28. The Bertz CT molecular complexity index is 3440. The third kappa shape index (κ3) is 3.29. The summed E-state index contributed by atoms with van der Waals surface area (Å²) in [6.07, 6.45) is 0. The van der Waals surface area contributed by atoms with E-state index in [1.807, 2.05) is 0 Å². The van der Waals surface area contributed by atoms with Crippen LogP contribution in [0.1, 0.15) is 0 Å². The highest BCUT2D eigenvalue weighted by Crippen LogP contribution is 2.56. The highest BCUT2D eigenvalue weighted by Gasteiger charge is 2.28. The Morgan fingerprint density at radius 1 is 0.212 bits per heavy atom. The van der Waals surface area contributed by atoms with E-state index in [9.17, 15) is 0 Å². The molecule has 0 spiro atoms. The maximum atomic E-state index is 2.49. The van der Waals surface area contributed by atoms with Gasteiger partial charge in [0.25, 0.3) is 0 Å². The average Bonchev–Trinajstić information content (AvgIpc) is 3.69. The quantitative estimate of drug-likeness (QED) is 0.155. The predicted octanol–water partition coefficient (Wildman–Crippen LogP) is 14.7. The zero-order valence-corrected chi connectivity index (χ0v) is 28.2. The zero-order chi connectivity index (χ0) is 33.7. The van der Waals surface area contributed by atoms with Crippen molar-refractivity contribution in [3.05, 3.63) is 170 Å². The molecule has 0 saturated carbocycles. The van der Waals surface area contributed by atoms with Gasteiger partial charge in [0.05, 0.1) is 0 Å². The lowest BCUT2D eigenvalue weighted by atomic mass is 9.87. The molecule has 0 nitrogen and oxygen atoms in total. The van der Waals surface area contributed by atoms with Crippen molar-refractivity contribution in [1.29, 1.82) is 0 Å². The van der Waals surface area contributed by atoms with Crippen LogP contribution < -0.4 is 0 Å². The molecule has 0 aromatic heterocycles. The Kier molecular flexibility index (Phi) is 4.94. The third-order valence-electron chi connectivity index (χ3n) is 12.2. The smallest absolute Gasteiger partial charge is 0.000763 e. The van der Waals surface area contributed by atoms with Gasteiger partial charge in [-0.3, -0.25) is 0 Å². The second kappa shape index (κ2) is 9.51. The number of rotatable bonds is 1. The van der Waals surface area contributed by atoms with Crippen molar-refractivity contribution < 1.29 is 0 Å². The van der Waals surface area contributed by atoms with Crippen molar-refractivity contribution in [2.24, 2.45) is 0 Å². The van der Waals surface area contributed by atoms with Crippen molar-refractivity contribution in [1.82, 2.24) is 0 Å². The second-order valence-corrected chi connectivity index (χ2v) is 14.7. The molecular weight excluding hydrogens is 625 g/mol. The number of fused-ring (bicyclic) bond motifs is 15. The van der Waals surface area contributed by atoms with Crippen LogP contribution in [0.5, 0.6) is 0 Å². The van der Waals surface area contributed by atoms with Gasteiger partial charge >= 0.3 is 0 Å². The van der Waals surface area contributed by atoms with E-state index < -0.39 is 0 Å². The van der Waals surface area contributed by atoms with Crippen molar-refractivity contribution in [3.63, 3.8) is 0 Å². The van der Waals surface area contributed by atoms with Gasteiger partial charge < -0.3 is 0 Å². The van der Waals surface area contributed by atoms with Gasteiger partial charge in [0.2, 0.25) is 0 Å². The second-order valence-electron chi connectivity index (χ2n) is 14.7. The molecule has 0 aliphatic heterocycles. The van der Waals surface area contributed by atoms with Gasteiger partial charge in [-0.25, -0.2) is 0 Å². The number of benzene rings is 11. The molecule has 2 aliphatic carbocycles. The molecule has 11 aromatic rings. The first-order chi connectivity index (χ1) is 25.8. The summed E-state index contributed by atoms with van der Waals surface area (Å²) in [5, 5.41) is 18.5. The molecule has 52 heavy (non-hydrogen) atoms. The summed E-state index contributed by atoms with van der Waals surface area (Å²) in [5.41, 5.74) is 13.3. The van der Waals surface area contributed by atoms with Crippen LogP contribution in [0, 0.1) is 0 Å². The lowest BCUT2D eigenvalue weighted by Gasteiger charge is -2.16. The maximum Gasteiger partial charge on any atom is -0.000763 e. The van der Waals surface area contributed by atoms with E-state index in [0.717, 1.165) is 0 Å². The van der Waals surface area contributed by atoms with Crippen LogP contribution in [0.25, 0.3) is 131 Å². The first kappa shape index (κ1) is 27.0. The van der Waals surface area contributed by atoms with E-state index in [2.05, 4.69) is 170 Å². The fourth-order valence-corrected chi connectivity index (χ4v) is 10.1. The topological polar surface area (TPSA) is 0 Å². The zero-order valence-electron chi connectivity index (χ0n) is 28.2. The molecule has 0 heteroatoms. The monoisotopic (exact) mass is 652 g/mol. The summed E-state index contributed by atoms with van der Waals surface area (Å²) in [5.74, 6) is 0. The number of hydrogen-bond donors (Lipinski definition) is 0. The van der Waals surface area contributed by atoms with Crippen LogP contribution in [0.4, 0.5) is 0 Å². The van der Waals surface area contributed by atoms with Crippen LogP contribution in [-0.2, 0) is 0 Å². The predicted molar refractivity (Wildman–Crippen MR) is 223 cm³/mol. The molecule has 236 valence electrons. The lowest BCUT2D eigenvalue weighted by Crippen LogP contribution is -1.89. The van der Waals surface area contributed by atoms with Gasteiger partial charge in [0.15, 0.2) is 0 Å². The molecule has 13 rings (SSSR count). The molecule has 0 radical (unpaired) electrons. The van der Waals surface area contributed by atoms with Crippen molar-refractivity contribution in [2.45, 2.75) is 0 Å². The minimum absolute atomic E-state index is 1.27. The van der Waals surface area contributed by atoms with Gasteiger partial charge in [-0.1, -0.05) is 140 Å². The fourth-order valence-electron chi connectivity index (χ4n) is 10.1. The van der Waals surface area contributed by atoms with Crippen molar-refractivity contribution in [2.75, 3.05) is 0 Å². The summed E-state index contributed by atoms with van der Waals surface area (Å²) >= 11 is 0. The van der Waals surface area contributed by atoms with Gasteiger partial charge in [0, 0.05) is 0 Å². The Labute approximate surface area is 299 Å². The minimum atomic E-state index is 1.27. The van der Waals surface area contributed by atoms with Crippen LogP contribution in [-0.4, -0.2) is 0 Å². The first-order valence-electron chi connectivity index (χ1n) is 18.3. The Balaban J connectivity index is 1.09. The van der Waals surface area contributed by atoms with Gasteiger partial charge in [-0.2, -0.15) is 0 Å². The molecule has 0 bridgehead atoms. The van der Waals surface area contributed by atoms with Crippen LogP contribution >= 0.6 is 0 Å². The van der Waals surface area contributed by atoms with Crippen molar-refractivity contribution >= 4 is 75.4 Å². The van der Waals surface area contributed by atoms with Crippen LogP contribution in [0.15, 0.2) is 170 Å². The summed E-state index contributed by atoms with van der Waals surface area (Å²) in [6, 6.07) is 64.2. The maximum absolute atomic E-state index is 2.49. The van der Waals surface area contributed by atoms with E-state index in [-0.39, 0.29) is 0 Å². The summed E-state index contributed by atoms with van der Waals surface area (Å²) in [4.78, 5) is 0. The molecule has 0 heterocycles. The minimum Gasteiger partial charge on any atom is -0.0622 e. The normalized spacial score (nSPS) is 12.6. The Morgan fingerprint density at radius 3 is 1.46 bits per heavy atom. The van der Waals surface area contributed by atoms with E-state index in [1.165, 1.54) is 131 Å². The highest BCUT2D eigenvalue weighted by atomic mass is 14.3.